The summed E-state index contributed by atoms with van der Waals surface area (Å²) in [7, 11) is 0. The lowest BCUT2D eigenvalue weighted by atomic mass is 9.75. The van der Waals surface area contributed by atoms with Gasteiger partial charge in [0.2, 0.25) is 5.43 Å². The number of hydrogen-bond donors (Lipinski definition) is 1. The SMILES string of the molecule is CCOC(=O)c1cn(C2CC2)c2c(C)c(N3CCC4CCCCC4C3)c(N)cc2c1=O. The third-order valence-corrected chi connectivity index (χ3v) is 7.60. The second-order valence-electron chi connectivity index (χ2n) is 9.61. The van der Waals surface area contributed by atoms with Gasteiger partial charge < -0.3 is 19.9 Å². The Morgan fingerprint density at radius 2 is 1.90 bits per heavy atom. The zero-order valence-corrected chi connectivity index (χ0v) is 18.7. The molecule has 1 aromatic heterocycles. The molecule has 1 aliphatic heterocycles. The summed E-state index contributed by atoms with van der Waals surface area (Å²) >= 11 is 0. The van der Waals surface area contributed by atoms with Gasteiger partial charge in [-0.3, -0.25) is 4.79 Å². The molecule has 5 rings (SSSR count). The second kappa shape index (κ2) is 7.88. The summed E-state index contributed by atoms with van der Waals surface area (Å²) in [6.07, 6.45) is 10.4. The van der Waals surface area contributed by atoms with E-state index in [2.05, 4.69) is 16.4 Å². The van der Waals surface area contributed by atoms with Crippen molar-refractivity contribution in [2.75, 3.05) is 30.3 Å². The molecule has 31 heavy (non-hydrogen) atoms. The van der Waals surface area contributed by atoms with Crippen molar-refractivity contribution in [1.29, 1.82) is 0 Å². The molecule has 6 nitrogen and oxygen atoms in total. The van der Waals surface area contributed by atoms with Crippen LogP contribution in [-0.2, 0) is 4.74 Å². The number of piperidine rings is 1. The molecule has 3 aliphatic rings. The number of anilines is 2. The summed E-state index contributed by atoms with van der Waals surface area (Å²) in [4.78, 5) is 28.1. The minimum atomic E-state index is -0.552. The van der Waals surface area contributed by atoms with Crippen LogP contribution in [0.3, 0.4) is 0 Å². The molecule has 0 spiro atoms. The number of nitrogens with two attached hydrogens (primary N) is 1. The summed E-state index contributed by atoms with van der Waals surface area (Å²) in [5.74, 6) is 1.04. The number of carbonyl (C=O) groups is 1. The molecule has 3 fully saturated rings. The van der Waals surface area contributed by atoms with Gasteiger partial charge in [-0.25, -0.2) is 4.79 Å². The van der Waals surface area contributed by atoms with Gasteiger partial charge >= 0.3 is 5.97 Å². The van der Waals surface area contributed by atoms with E-state index in [1.54, 1.807) is 19.2 Å². The van der Waals surface area contributed by atoms with Crippen molar-refractivity contribution in [1.82, 2.24) is 4.57 Å². The summed E-state index contributed by atoms with van der Waals surface area (Å²) in [6, 6.07) is 2.13. The van der Waals surface area contributed by atoms with Crippen LogP contribution in [0.15, 0.2) is 17.1 Å². The van der Waals surface area contributed by atoms with Crippen molar-refractivity contribution < 1.29 is 9.53 Å². The van der Waals surface area contributed by atoms with Crippen molar-refractivity contribution in [3.05, 3.63) is 33.6 Å². The molecule has 0 amide bonds. The number of hydrogen-bond acceptors (Lipinski definition) is 5. The van der Waals surface area contributed by atoms with Gasteiger partial charge in [-0.2, -0.15) is 0 Å². The normalized spacial score (nSPS) is 23.6. The maximum absolute atomic E-state index is 13.2. The van der Waals surface area contributed by atoms with Gasteiger partial charge in [0, 0.05) is 30.7 Å². The van der Waals surface area contributed by atoms with Gasteiger partial charge in [-0.1, -0.05) is 19.3 Å². The van der Waals surface area contributed by atoms with Crippen LogP contribution in [0, 0.1) is 18.8 Å². The quantitative estimate of drug-likeness (QED) is 0.582. The Bertz CT molecular complexity index is 1090. The summed E-state index contributed by atoms with van der Waals surface area (Å²) in [5.41, 5.74) is 10.1. The average molecular weight is 424 g/mol. The first-order chi connectivity index (χ1) is 15.0. The molecule has 2 heterocycles. The number of nitrogen functional groups attached to an aromatic ring is 1. The molecule has 1 saturated heterocycles. The van der Waals surface area contributed by atoms with Gasteiger partial charge in [-0.15, -0.1) is 0 Å². The number of fused-ring (bicyclic) bond motifs is 2. The maximum atomic E-state index is 13.2. The fourth-order valence-corrected chi connectivity index (χ4v) is 5.95. The number of pyridine rings is 1. The summed E-state index contributed by atoms with van der Waals surface area (Å²) in [6.45, 7) is 6.16. The highest BCUT2D eigenvalue weighted by Crippen LogP contribution is 2.43. The minimum absolute atomic E-state index is 0.107. The monoisotopic (exact) mass is 423 g/mol. The van der Waals surface area contributed by atoms with Gasteiger partial charge in [-0.05, 0) is 63.0 Å². The minimum Gasteiger partial charge on any atom is -0.462 e. The van der Waals surface area contributed by atoms with E-state index in [9.17, 15) is 9.59 Å². The largest absolute Gasteiger partial charge is 0.462 e. The van der Waals surface area contributed by atoms with Crippen LogP contribution in [0.2, 0.25) is 0 Å². The second-order valence-corrected chi connectivity index (χ2v) is 9.61. The van der Waals surface area contributed by atoms with Crippen LogP contribution in [0.25, 0.3) is 10.9 Å². The fraction of sp³-hybridized carbons (Fsp3) is 0.600. The number of esters is 1. The number of nitrogens with zero attached hydrogens (tertiary/aromatic N) is 2. The highest BCUT2D eigenvalue weighted by molar-refractivity contribution is 5.98. The van der Waals surface area contributed by atoms with Crippen LogP contribution in [0.5, 0.6) is 0 Å². The molecule has 2 unspecified atom stereocenters. The molecule has 1 aromatic carbocycles. The Morgan fingerprint density at radius 1 is 1.16 bits per heavy atom. The molecule has 166 valence electrons. The van der Waals surface area contributed by atoms with E-state index in [0.717, 1.165) is 54.5 Å². The predicted octanol–water partition coefficient (Wildman–Crippen LogP) is 4.42. The van der Waals surface area contributed by atoms with Crippen molar-refractivity contribution in [3.63, 3.8) is 0 Å². The topological polar surface area (TPSA) is 77.6 Å². The lowest BCUT2D eigenvalue weighted by Crippen LogP contribution is -2.42. The van der Waals surface area contributed by atoms with Gasteiger partial charge in [0.15, 0.2) is 0 Å². The number of aryl methyl sites for hydroxylation is 1. The van der Waals surface area contributed by atoms with Crippen LogP contribution in [-0.4, -0.2) is 30.2 Å². The fourth-order valence-electron chi connectivity index (χ4n) is 5.95. The zero-order chi connectivity index (χ0) is 21.7. The highest BCUT2D eigenvalue weighted by Gasteiger charge is 2.34. The lowest BCUT2D eigenvalue weighted by molar-refractivity contribution is 0.0524. The number of rotatable bonds is 4. The predicted molar refractivity (Wildman–Crippen MR) is 124 cm³/mol. The van der Waals surface area contributed by atoms with E-state index in [1.807, 2.05) is 0 Å². The third-order valence-electron chi connectivity index (χ3n) is 7.60. The smallest absolute Gasteiger partial charge is 0.343 e. The third kappa shape index (κ3) is 3.50. The first-order valence-electron chi connectivity index (χ1n) is 11.9. The van der Waals surface area contributed by atoms with Crippen LogP contribution >= 0.6 is 0 Å². The zero-order valence-electron chi connectivity index (χ0n) is 18.7. The van der Waals surface area contributed by atoms with Crippen molar-refractivity contribution >= 4 is 28.2 Å². The van der Waals surface area contributed by atoms with Crippen LogP contribution in [0.4, 0.5) is 11.4 Å². The molecule has 6 heteroatoms. The van der Waals surface area contributed by atoms with Gasteiger partial charge in [0.1, 0.15) is 5.56 Å². The Balaban J connectivity index is 1.63. The van der Waals surface area contributed by atoms with E-state index >= 15 is 0 Å². The van der Waals surface area contributed by atoms with Crippen molar-refractivity contribution in [3.8, 4) is 0 Å². The number of benzene rings is 1. The van der Waals surface area contributed by atoms with Crippen LogP contribution < -0.4 is 16.1 Å². The molecule has 0 radical (unpaired) electrons. The molecular weight excluding hydrogens is 390 g/mol. The van der Waals surface area contributed by atoms with E-state index in [1.165, 1.54) is 32.1 Å². The number of aromatic nitrogens is 1. The average Bonchev–Trinajstić information content (AvgIpc) is 3.60. The van der Waals surface area contributed by atoms with E-state index in [0.29, 0.717) is 17.1 Å². The van der Waals surface area contributed by atoms with Crippen molar-refractivity contribution in [2.24, 2.45) is 11.8 Å². The van der Waals surface area contributed by atoms with Crippen LogP contribution in [0.1, 0.15) is 73.8 Å². The van der Waals surface area contributed by atoms with Gasteiger partial charge in [0.25, 0.3) is 0 Å². The molecule has 0 bridgehead atoms. The van der Waals surface area contributed by atoms with Crippen molar-refractivity contribution in [2.45, 2.75) is 64.8 Å². The highest BCUT2D eigenvalue weighted by atomic mass is 16.5. The molecular formula is C25H33N3O3. The first kappa shape index (κ1) is 20.4. The summed E-state index contributed by atoms with van der Waals surface area (Å²) in [5, 5.41) is 0.531. The Kier molecular flexibility index (Phi) is 5.19. The molecule has 2 saturated carbocycles. The van der Waals surface area contributed by atoms with E-state index < -0.39 is 5.97 Å². The standard InChI is InChI=1S/C25H33N3O3/c1-3-31-25(30)20-14-28(18-8-9-18)22-15(2)23(21(26)12-19(22)24(20)29)27-11-10-16-6-4-5-7-17(16)13-27/h12,14,16-18H,3-11,13,26H2,1-2H3. The molecule has 2 atom stereocenters. The van der Waals surface area contributed by atoms with E-state index in [4.69, 9.17) is 10.5 Å². The molecule has 2 aromatic rings. The number of carbonyl (C=O) groups excluding carboxylic acids is 1. The summed E-state index contributed by atoms with van der Waals surface area (Å²) < 4.78 is 7.28. The Labute approximate surface area is 183 Å². The van der Waals surface area contributed by atoms with Gasteiger partial charge in [0.05, 0.1) is 23.5 Å². The number of ether oxygens (including phenoxy) is 1. The maximum Gasteiger partial charge on any atom is 0.343 e. The Morgan fingerprint density at radius 3 is 2.61 bits per heavy atom. The first-order valence-corrected chi connectivity index (χ1v) is 11.9. The molecule has 2 N–H and O–H groups in total. The lowest BCUT2D eigenvalue weighted by Gasteiger charge is -2.43. The molecule has 2 aliphatic carbocycles. The van der Waals surface area contributed by atoms with E-state index in [-0.39, 0.29) is 17.6 Å². The Hall–Kier alpha value is -2.50.